The number of para-hydroxylation sites is 1. The molecule has 32 heavy (non-hydrogen) atoms. The normalized spacial score (nSPS) is 18.7. The van der Waals surface area contributed by atoms with Crippen molar-refractivity contribution >= 4 is 28.6 Å². The second kappa shape index (κ2) is 7.01. The van der Waals surface area contributed by atoms with Crippen molar-refractivity contribution in [2.24, 2.45) is 0 Å². The van der Waals surface area contributed by atoms with Crippen LogP contribution in [-0.2, 0) is 23.4 Å². The van der Waals surface area contributed by atoms with Gasteiger partial charge in [0.15, 0.2) is 5.82 Å². The van der Waals surface area contributed by atoms with Crippen LogP contribution < -0.4 is 10.9 Å². The molecule has 2 aromatic heterocycles. The first kappa shape index (κ1) is 19.9. The van der Waals surface area contributed by atoms with Crippen molar-refractivity contribution in [2.75, 3.05) is 0 Å². The highest BCUT2D eigenvalue weighted by Gasteiger charge is 2.49. The Hall–Kier alpha value is -4.01. The van der Waals surface area contributed by atoms with Crippen LogP contribution in [0, 0.1) is 6.92 Å². The van der Waals surface area contributed by atoms with E-state index in [-0.39, 0.29) is 18.0 Å². The molecule has 9 heteroatoms. The zero-order valence-electron chi connectivity index (χ0n) is 18.0. The van der Waals surface area contributed by atoms with Gasteiger partial charge < -0.3 is 5.32 Å². The lowest BCUT2D eigenvalue weighted by Gasteiger charge is -2.24. The van der Waals surface area contributed by atoms with E-state index in [0.717, 1.165) is 16.0 Å². The molecular formula is C23H22N6O3. The molecule has 1 unspecified atom stereocenters. The Morgan fingerprint density at radius 3 is 2.47 bits per heavy atom. The third kappa shape index (κ3) is 2.67. The monoisotopic (exact) mass is 430 g/mol. The summed E-state index contributed by atoms with van der Waals surface area (Å²) in [6.45, 7) is 5.82. The summed E-state index contributed by atoms with van der Waals surface area (Å²) < 4.78 is 3.27. The fraction of sp³-hybridized carbons (Fsp3) is 0.261. The summed E-state index contributed by atoms with van der Waals surface area (Å²) in [7, 11) is 0. The number of amides is 3. The molecule has 0 radical (unpaired) electrons. The van der Waals surface area contributed by atoms with Gasteiger partial charge in [-0.25, -0.2) is 4.79 Å². The molecule has 0 bridgehead atoms. The SMILES string of the molecule is CCn1c(=O)c2ccccc2n2c(CN3C(=O)NC(C)(c4ccccc4C)C3=O)nnc12. The van der Waals surface area contributed by atoms with Crippen molar-refractivity contribution in [3.8, 4) is 0 Å². The van der Waals surface area contributed by atoms with E-state index in [9.17, 15) is 14.4 Å². The molecule has 1 aliphatic rings. The van der Waals surface area contributed by atoms with Gasteiger partial charge in [0.25, 0.3) is 11.5 Å². The van der Waals surface area contributed by atoms with Crippen molar-refractivity contribution in [2.45, 2.75) is 39.4 Å². The number of carbonyl (C=O) groups is 2. The zero-order chi connectivity index (χ0) is 22.6. The molecular weight excluding hydrogens is 408 g/mol. The number of rotatable bonds is 4. The number of nitrogens with one attached hydrogen (secondary N) is 1. The molecule has 0 aliphatic carbocycles. The molecule has 1 fully saturated rings. The van der Waals surface area contributed by atoms with Crippen LogP contribution in [-0.4, -0.2) is 36.0 Å². The Morgan fingerprint density at radius 1 is 1.00 bits per heavy atom. The standard InChI is InChI=1S/C23H22N6O3/c1-4-27-19(30)15-10-6-8-12-17(15)29-18(25-26-21(27)29)13-28-20(31)23(3,24-22(28)32)16-11-7-5-9-14(16)2/h5-12H,4,13H2,1-3H3,(H,24,32). The highest BCUT2D eigenvalue weighted by Crippen LogP contribution is 2.31. The van der Waals surface area contributed by atoms with Crippen molar-refractivity contribution in [1.82, 2.24) is 29.4 Å². The van der Waals surface area contributed by atoms with Crippen LogP contribution >= 0.6 is 0 Å². The average Bonchev–Trinajstić information content (AvgIpc) is 3.29. The third-order valence-electron chi connectivity index (χ3n) is 6.15. The van der Waals surface area contributed by atoms with Crippen LogP contribution in [0.3, 0.4) is 0 Å². The maximum absolute atomic E-state index is 13.4. The second-order valence-electron chi connectivity index (χ2n) is 8.08. The van der Waals surface area contributed by atoms with Gasteiger partial charge in [-0.3, -0.25) is 23.5 Å². The molecule has 1 aliphatic heterocycles. The van der Waals surface area contributed by atoms with E-state index in [4.69, 9.17) is 0 Å². The van der Waals surface area contributed by atoms with Gasteiger partial charge in [0, 0.05) is 6.54 Å². The Labute approximate surface area is 183 Å². The molecule has 1 N–H and O–H groups in total. The van der Waals surface area contributed by atoms with Gasteiger partial charge in [-0.1, -0.05) is 36.4 Å². The summed E-state index contributed by atoms with van der Waals surface area (Å²) in [5.74, 6) is 0.414. The first-order valence-electron chi connectivity index (χ1n) is 10.4. The molecule has 9 nitrogen and oxygen atoms in total. The second-order valence-corrected chi connectivity index (χ2v) is 8.08. The van der Waals surface area contributed by atoms with Crippen LogP contribution in [0.5, 0.6) is 0 Å². The number of fused-ring (bicyclic) bond motifs is 3. The first-order chi connectivity index (χ1) is 15.4. The molecule has 162 valence electrons. The molecule has 5 rings (SSSR count). The number of aryl methyl sites for hydroxylation is 2. The number of hydrogen-bond acceptors (Lipinski definition) is 5. The van der Waals surface area contributed by atoms with Crippen molar-refractivity contribution in [3.63, 3.8) is 0 Å². The Bertz CT molecular complexity index is 1470. The van der Waals surface area contributed by atoms with E-state index in [0.29, 0.717) is 29.0 Å². The molecule has 2 aromatic carbocycles. The zero-order valence-corrected chi connectivity index (χ0v) is 18.0. The van der Waals surface area contributed by atoms with E-state index in [1.54, 1.807) is 29.5 Å². The molecule has 0 spiro atoms. The summed E-state index contributed by atoms with van der Waals surface area (Å²) >= 11 is 0. The lowest BCUT2D eigenvalue weighted by atomic mass is 9.88. The van der Waals surface area contributed by atoms with E-state index in [2.05, 4.69) is 15.5 Å². The smallest absolute Gasteiger partial charge is 0.319 e. The number of benzene rings is 2. The fourth-order valence-corrected chi connectivity index (χ4v) is 4.50. The number of aromatic nitrogens is 4. The largest absolute Gasteiger partial charge is 0.325 e. The lowest BCUT2D eigenvalue weighted by Crippen LogP contribution is -2.41. The van der Waals surface area contributed by atoms with Gasteiger partial charge in [-0.2, -0.15) is 0 Å². The van der Waals surface area contributed by atoms with Crippen LogP contribution in [0.25, 0.3) is 16.7 Å². The molecule has 3 heterocycles. The van der Waals surface area contributed by atoms with Gasteiger partial charge in [0.05, 0.1) is 17.4 Å². The third-order valence-corrected chi connectivity index (χ3v) is 6.15. The summed E-state index contributed by atoms with van der Waals surface area (Å²) in [4.78, 5) is 40.3. The molecule has 3 amide bonds. The van der Waals surface area contributed by atoms with Gasteiger partial charge in [0.1, 0.15) is 5.54 Å². The van der Waals surface area contributed by atoms with Gasteiger partial charge in [0.2, 0.25) is 5.78 Å². The van der Waals surface area contributed by atoms with Gasteiger partial charge >= 0.3 is 6.03 Å². The minimum absolute atomic E-state index is 0.0702. The molecule has 1 saturated heterocycles. The van der Waals surface area contributed by atoms with Crippen LogP contribution in [0.2, 0.25) is 0 Å². The Kier molecular flexibility index (Phi) is 4.37. The quantitative estimate of drug-likeness (QED) is 0.501. The lowest BCUT2D eigenvalue weighted by molar-refractivity contribution is -0.131. The maximum atomic E-state index is 13.4. The Balaban J connectivity index is 1.62. The molecule has 1 atom stereocenters. The average molecular weight is 430 g/mol. The van der Waals surface area contributed by atoms with E-state index >= 15 is 0 Å². The van der Waals surface area contributed by atoms with Gasteiger partial charge in [-0.15, -0.1) is 10.2 Å². The first-order valence-corrected chi connectivity index (χ1v) is 10.4. The highest BCUT2D eigenvalue weighted by atomic mass is 16.2. The minimum Gasteiger partial charge on any atom is -0.319 e. The van der Waals surface area contributed by atoms with Crippen molar-refractivity contribution < 1.29 is 9.59 Å². The number of hydrogen-bond donors (Lipinski definition) is 1. The number of imide groups is 1. The number of carbonyl (C=O) groups excluding carboxylic acids is 2. The number of urea groups is 1. The van der Waals surface area contributed by atoms with Crippen LogP contribution in [0.1, 0.15) is 30.8 Å². The van der Waals surface area contributed by atoms with Crippen molar-refractivity contribution in [3.05, 3.63) is 75.8 Å². The van der Waals surface area contributed by atoms with E-state index in [1.165, 1.54) is 4.57 Å². The molecule has 4 aromatic rings. The number of nitrogens with zero attached hydrogens (tertiary/aromatic N) is 5. The summed E-state index contributed by atoms with van der Waals surface area (Å²) in [6.07, 6.45) is 0. The summed E-state index contributed by atoms with van der Waals surface area (Å²) in [6, 6.07) is 14.2. The topological polar surface area (TPSA) is 102 Å². The minimum atomic E-state index is -1.17. The molecule has 0 saturated carbocycles. The van der Waals surface area contributed by atoms with Crippen LogP contribution in [0.15, 0.2) is 53.3 Å². The van der Waals surface area contributed by atoms with Crippen LogP contribution in [0.4, 0.5) is 4.79 Å². The Morgan fingerprint density at radius 2 is 1.72 bits per heavy atom. The van der Waals surface area contributed by atoms with Gasteiger partial charge in [-0.05, 0) is 44.0 Å². The highest BCUT2D eigenvalue weighted by molar-refractivity contribution is 6.07. The summed E-state index contributed by atoms with van der Waals surface area (Å²) in [5.41, 5.74) is 0.965. The van der Waals surface area contributed by atoms with E-state index < -0.39 is 11.6 Å². The van der Waals surface area contributed by atoms with Crippen molar-refractivity contribution in [1.29, 1.82) is 0 Å². The fourth-order valence-electron chi connectivity index (χ4n) is 4.50. The summed E-state index contributed by atoms with van der Waals surface area (Å²) in [5, 5.41) is 11.8. The predicted octanol–water partition coefficient (Wildman–Crippen LogP) is 2.34. The van der Waals surface area contributed by atoms with E-state index in [1.807, 2.05) is 44.2 Å². The maximum Gasteiger partial charge on any atom is 0.325 e. The predicted molar refractivity (Wildman–Crippen MR) is 118 cm³/mol.